The minimum Gasteiger partial charge on any atom is -0.497 e. The average Bonchev–Trinajstić information content (AvgIpc) is 2.99. The Balaban J connectivity index is 2.13. The summed E-state index contributed by atoms with van der Waals surface area (Å²) in [6, 6.07) is 15.7. The first-order valence-corrected chi connectivity index (χ1v) is 17.5. The topological polar surface area (TPSA) is 122 Å². The van der Waals surface area contributed by atoms with Crippen LogP contribution >= 0.6 is 0 Å². The highest BCUT2D eigenvalue weighted by Crippen LogP contribution is 2.26. The Labute approximate surface area is 250 Å². The first-order chi connectivity index (χ1) is 20.0. The van der Waals surface area contributed by atoms with Gasteiger partial charge in [0, 0.05) is 14.7 Å². The number of carbonyl (C=O) groups is 1. The smallest absolute Gasteiger partial charge is 0.345 e. The molecule has 2 aromatic carbocycles. The van der Waals surface area contributed by atoms with Gasteiger partial charge in [-0.25, -0.2) is 4.79 Å². The van der Waals surface area contributed by atoms with Crippen LogP contribution in [0.15, 0.2) is 60.2 Å². The van der Waals surface area contributed by atoms with Crippen molar-refractivity contribution in [2.75, 3.05) is 54.5 Å². The van der Waals surface area contributed by atoms with Crippen molar-refractivity contribution in [1.82, 2.24) is 0 Å². The summed E-state index contributed by atoms with van der Waals surface area (Å²) in [5.74, 6) is 0.393. The van der Waals surface area contributed by atoms with E-state index in [-0.39, 0.29) is 45.4 Å². The predicted octanol–water partition coefficient (Wildman–Crippen LogP) is 3.96. The molecule has 0 fully saturated rings. The second-order valence-electron chi connectivity index (χ2n) is 10.9. The van der Waals surface area contributed by atoms with Crippen molar-refractivity contribution >= 4 is 14.0 Å². The van der Waals surface area contributed by atoms with Gasteiger partial charge in [-0.1, -0.05) is 50.0 Å². The van der Waals surface area contributed by atoms with Crippen LogP contribution in [0.1, 0.15) is 11.1 Å². The molecule has 0 bridgehead atoms. The number of carbonyl (C=O) groups excluding carboxylic acids is 1. The van der Waals surface area contributed by atoms with Crippen molar-refractivity contribution in [3.63, 3.8) is 0 Å². The fourth-order valence-corrected chi connectivity index (χ4v) is 4.55. The van der Waals surface area contributed by atoms with Crippen molar-refractivity contribution in [3.8, 4) is 11.5 Å². The van der Waals surface area contributed by atoms with E-state index in [4.69, 9.17) is 33.2 Å². The molecule has 0 heterocycles. The van der Waals surface area contributed by atoms with E-state index in [0.29, 0.717) is 12.4 Å². The van der Waals surface area contributed by atoms with E-state index in [1.54, 1.807) is 26.4 Å². The molecule has 2 atom stereocenters. The van der Waals surface area contributed by atoms with Gasteiger partial charge in [-0.15, -0.1) is 0 Å². The number of aliphatic hydroxyl groups is 2. The van der Waals surface area contributed by atoms with Gasteiger partial charge >= 0.3 is 5.97 Å². The molecule has 0 spiro atoms. The number of esters is 1. The Morgan fingerprint density at radius 2 is 1.40 bits per heavy atom. The highest BCUT2D eigenvalue weighted by Gasteiger charge is 2.48. The highest BCUT2D eigenvalue weighted by molar-refractivity contribution is 6.76. The van der Waals surface area contributed by atoms with Crippen LogP contribution in [0.25, 0.3) is 0 Å². The summed E-state index contributed by atoms with van der Waals surface area (Å²) in [7, 11) is 3.05. The first kappa shape index (κ1) is 35.4. The SMILES string of the molecule is COC(=O)[C@](O)(/C(=C/COCc1ccc(OC)cc1)COCc1ccc(OC)cc1)[C@H](O)COCOCC[Si](C)(C)C. The van der Waals surface area contributed by atoms with Crippen molar-refractivity contribution in [2.24, 2.45) is 0 Å². The second-order valence-corrected chi connectivity index (χ2v) is 16.5. The molecule has 234 valence electrons. The van der Waals surface area contributed by atoms with Crippen LogP contribution in [0.5, 0.6) is 11.5 Å². The Bertz CT molecular complexity index is 1080. The van der Waals surface area contributed by atoms with Crippen LogP contribution in [0.3, 0.4) is 0 Å². The molecule has 2 aromatic rings. The van der Waals surface area contributed by atoms with Crippen molar-refractivity contribution in [2.45, 2.75) is 50.6 Å². The quantitative estimate of drug-likeness (QED) is 0.0753. The monoisotopic (exact) mass is 606 g/mol. The highest BCUT2D eigenvalue weighted by atomic mass is 28.3. The summed E-state index contributed by atoms with van der Waals surface area (Å²) in [6.45, 7) is 7.09. The lowest BCUT2D eigenvalue weighted by Crippen LogP contribution is -2.54. The fourth-order valence-electron chi connectivity index (χ4n) is 3.80. The molecule has 0 aliphatic carbocycles. The third kappa shape index (κ3) is 11.8. The average molecular weight is 607 g/mol. The standard InChI is InChI=1S/C31H46O10Si/c1-35-27-11-7-24(8-12-27)19-38-16-15-26(21-40-20-25-9-13-28(36-2)14-10-25)31(34,30(33)37-3)29(32)22-41-23-39-17-18-42(4,5)6/h7-15,29,32,34H,16-23H2,1-6H3/b26-15+/t29-,31+/m1/s1. The van der Waals surface area contributed by atoms with E-state index < -0.39 is 25.7 Å². The zero-order valence-electron chi connectivity index (χ0n) is 25.6. The summed E-state index contributed by atoms with van der Waals surface area (Å²) >= 11 is 0. The van der Waals surface area contributed by atoms with Gasteiger partial charge in [-0.2, -0.15) is 0 Å². The van der Waals surface area contributed by atoms with E-state index in [2.05, 4.69) is 19.6 Å². The van der Waals surface area contributed by atoms with E-state index >= 15 is 0 Å². The van der Waals surface area contributed by atoms with Crippen LogP contribution < -0.4 is 9.47 Å². The van der Waals surface area contributed by atoms with Crippen molar-refractivity contribution < 1.29 is 48.2 Å². The minimum atomic E-state index is -2.45. The first-order valence-electron chi connectivity index (χ1n) is 13.8. The summed E-state index contributed by atoms with van der Waals surface area (Å²) in [5, 5.41) is 22.6. The molecule has 0 amide bonds. The summed E-state index contributed by atoms with van der Waals surface area (Å²) in [6.07, 6.45) is -0.148. The van der Waals surface area contributed by atoms with Gasteiger partial charge in [0.25, 0.3) is 0 Å². The number of hydrogen-bond donors (Lipinski definition) is 2. The normalized spacial score (nSPS) is 14.2. The largest absolute Gasteiger partial charge is 0.497 e. The predicted molar refractivity (Wildman–Crippen MR) is 161 cm³/mol. The zero-order chi connectivity index (χ0) is 31.0. The van der Waals surface area contributed by atoms with Gasteiger partial charge in [-0.3, -0.25) is 0 Å². The van der Waals surface area contributed by atoms with Gasteiger partial charge in [0.15, 0.2) is 0 Å². The molecule has 2 N–H and O–H groups in total. The molecule has 0 saturated carbocycles. The molecule has 0 radical (unpaired) electrons. The molecule has 2 rings (SSSR count). The number of aliphatic hydroxyl groups excluding tert-OH is 1. The minimum absolute atomic E-state index is 0.0277. The zero-order valence-corrected chi connectivity index (χ0v) is 26.6. The van der Waals surface area contributed by atoms with Gasteiger partial charge < -0.3 is 43.4 Å². The molecular weight excluding hydrogens is 560 g/mol. The van der Waals surface area contributed by atoms with Crippen molar-refractivity contribution in [3.05, 3.63) is 71.3 Å². The van der Waals surface area contributed by atoms with E-state index in [9.17, 15) is 15.0 Å². The number of ether oxygens (including phenoxy) is 7. The van der Waals surface area contributed by atoms with Crippen LogP contribution in [0.2, 0.25) is 25.7 Å². The maximum atomic E-state index is 12.9. The maximum Gasteiger partial charge on any atom is 0.345 e. The molecule has 0 unspecified atom stereocenters. The van der Waals surface area contributed by atoms with Crippen molar-refractivity contribution in [1.29, 1.82) is 0 Å². The summed E-state index contributed by atoms with van der Waals surface area (Å²) in [5.41, 5.74) is -0.608. The second kappa shape index (κ2) is 18.0. The van der Waals surface area contributed by atoms with Gasteiger partial charge in [-0.05, 0) is 47.0 Å². The lowest BCUT2D eigenvalue weighted by molar-refractivity contribution is -0.178. The maximum absolute atomic E-state index is 12.9. The van der Waals surface area contributed by atoms with Crippen LogP contribution in [0, 0.1) is 0 Å². The lowest BCUT2D eigenvalue weighted by Gasteiger charge is -2.32. The summed E-state index contributed by atoms with van der Waals surface area (Å²) in [4.78, 5) is 12.9. The Hall–Kier alpha value is -2.77. The lowest BCUT2D eigenvalue weighted by atomic mass is 9.87. The molecule has 42 heavy (non-hydrogen) atoms. The molecule has 0 aromatic heterocycles. The van der Waals surface area contributed by atoms with E-state index in [0.717, 1.165) is 30.0 Å². The molecular formula is C31H46O10Si. The Morgan fingerprint density at radius 3 is 1.90 bits per heavy atom. The molecule has 0 aliphatic heterocycles. The van der Waals surface area contributed by atoms with E-state index in [1.165, 1.54) is 6.08 Å². The fraction of sp³-hybridized carbons (Fsp3) is 0.516. The third-order valence-electron chi connectivity index (χ3n) is 6.47. The van der Waals surface area contributed by atoms with Crippen LogP contribution in [-0.4, -0.2) is 90.5 Å². The van der Waals surface area contributed by atoms with Gasteiger partial charge in [0.05, 0.1) is 54.4 Å². The third-order valence-corrected chi connectivity index (χ3v) is 8.17. The molecule has 0 aliphatic rings. The molecule has 10 nitrogen and oxygen atoms in total. The Morgan fingerprint density at radius 1 is 0.857 bits per heavy atom. The van der Waals surface area contributed by atoms with Gasteiger partial charge in [0.1, 0.15) is 24.4 Å². The Kier molecular flexibility index (Phi) is 15.2. The number of rotatable bonds is 20. The van der Waals surface area contributed by atoms with E-state index in [1.807, 2.05) is 36.4 Å². The summed E-state index contributed by atoms with van der Waals surface area (Å²) < 4.78 is 37.9. The molecule has 11 heteroatoms. The van der Waals surface area contributed by atoms with Gasteiger partial charge in [0.2, 0.25) is 5.60 Å². The number of hydrogen-bond acceptors (Lipinski definition) is 10. The number of methoxy groups -OCH3 is 3. The molecule has 0 saturated heterocycles. The number of benzene rings is 2. The van der Waals surface area contributed by atoms with Crippen LogP contribution in [-0.2, 0) is 41.7 Å². The van der Waals surface area contributed by atoms with Crippen LogP contribution in [0.4, 0.5) is 0 Å².